The molecule has 5 unspecified atom stereocenters. The second-order valence-electron chi connectivity index (χ2n) is 9.36. The van der Waals surface area contributed by atoms with Crippen molar-refractivity contribution in [1.29, 1.82) is 0 Å². The van der Waals surface area contributed by atoms with Crippen molar-refractivity contribution in [3.63, 3.8) is 0 Å². The number of halogens is 2. The SMILES string of the molecule is CC1CC2CC(CC(C)(O)C2)C1NC(=O)C(C)(C)NSc1c(F)cccc1F. The van der Waals surface area contributed by atoms with Crippen molar-refractivity contribution in [2.45, 2.75) is 75.5 Å². The molecular weight excluding hydrogens is 382 g/mol. The maximum absolute atomic E-state index is 13.8. The van der Waals surface area contributed by atoms with Crippen LogP contribution in [-0.4, -0.2) is 28.2 Å². The molecule has 28 heavy (non-hydrogen) atoms. The molecule has 5 atom stereocenters. The minimum Gasteiger partial charge on any atom is -0.390 e. The standard InChI is InChI=1S/C21H30F2N2O2S/c1-12-8-13-9-14(11-21(4,27)10-13)17(12)24-19(26)20(2,3)25-28-18-15(22)6-5-7-16(18)23/h5-7,12-14,17,25,27H,8-11H2,1-4H3,(H,24,26). The number of hydrogen-bond acceptors (Lipinski definition) is 4. The summed E-state index contributed by atoms with van der Waals surface area (Å²) in [5.74, 6) is -0.458. The van der Waals surface area contributed by atoms with E-state index in [0.717, 1.165) is 31.2 Å². The summed E-state index contributed by atoms with van der Waals surface area (Å²) in [6.07, 6.45) is 3.52. The molecule has 7 heteroatoms. The van der Waals surface area contributed by atoms with Crippen LogP contribution in [0.5, 0.6) is 0 Å². The van der Waals surface area contributed by atoms with Crippen LogP contribution in [0.15, 0.2) is 23.1 Å². The van der Waals surface area contributed by atoms with Crippen LogP contribution in [0.2, 0.25) is 0 Å². The van der Waals surface area contributed by atoms with Crippen LogP contribution in [-0.2, 0) is 4.79 Å². The number of carbonyl (C=O) groups is 1. The summed E-state index contributed by atoms with van der Waals surface area (Å²) in [7, 11) is 0. The first-order valence-corrected chi connectivity index (χ1v) is 10.7. The highest BCUT2D eigenvalue weighted by Gasteiger charge is 2.46. The molecule has 2 aliphatic carbocycles. The third-order valence-corrected chi connectivity index (χ3v) is 7.29. The van der Waals surface area contributed by atoms with Gasteiger partial charge in [0.25, 0.3) is 0 Å². The third kappa shape index (κ3) is 4.69. The predicted molar refractivity (Wildman–Crippen MR) is 107 cm³/mol. The lowest BCUT2D eigenvalue weighted by atomic mass is 9.61. The number of benzene rings is 1. The Hall–Kier alpha value is -1.18. The Morgan fingerprint density at radius 2 is 1.89 bits per heavy atom. The molecule has 2 fully saturated rings. The van der Waals surface area contributed by atoms with Gasteiger partial charge < -0.3 is 10.4 Å². The number of amides is 1. The Bertz CT molecular complexity index is 719. The van der Waals surface area contributed by atoms with Crippen molar-refractivity contribution in [3.8, 4) is 0 Å². The average Bonchev–Trinajstić information content (AvgIpc) is 2.56. The molecule has 0 saturated heterocycles. The summed E-state index contributed by atoms with van der Waals surface area (Å²) in [6, 6.07) is 3.68. The molecule has 0 aromatic heterocycles. The molecule has 3 rings (SSSR count). The molecular formula is C21H30F2N2O2S. The van der Waals surface area contributed by atoms with Crippen LogP contribution in [0.3, 0.4) is 0 Å². The average molecular weight is 413 g/mol. The lowest BCUT2D eigenvalue weighted by Crippen LogP contribution is -2.59. The lowest BCUT2D eigenvalue weighted by Gasteiger charge is -2.49. The van der Waals surface area contributed by atoms with E-state index < -0.39 is 22.8 Å². The van der Waals surface area contributed by atoms with Gasteiger partial charge in [0, 0.05) is 6.04 Å². The Kier molecular flexibility index (Phi) is 6.09. The molecule has 2 bridgehead atoms. The van der Waals surface area contributed by atoms with Crippen molar-refractivity contribution in [3.05, 3.63) is 29.8 Å². The molecule has 1 aromatic carbocycles. The van der Waals surface area contributed by atoms with Gasteiger partial charge in [0.2, 0.25) is 5.91 Å². The van der Waals surface area contributed by atoms with E-state index in [2.05, 4.69) is 17.0 Å². The van der Waals surface area contributed by atoms with Crippen molar-refractivity contribution in [1.82, 2.24) is 10.0 Å². The fraction of sp³-hybridized carbons (Fsp3) is 0.667. The van der Waals surface area contributed by atoms with Gasteiger partial charge in [0.15, 0.2) is 0 Å². The molecule has 0 aliphatic heterocycles. The summed E-state index contributed by atoms with van der Waals surface area (Å²) >= 11 is 0.789. The first kappa shape index (κ1) is 21.5. The molecule has 2 aliphatic rings. The van der Waals surface area contributed by atoms with Crippen LogP contribution < -0.4 is 10.0 Å². The Morgan fingerprint density at radius 1 is 1.25 bits per heavy atom. The van der Waals surface area contributed by atoms with Gasteiger partial charge in [-0.2, -0.15) is 0 Å². The zero-order chi connectivity index (χ0) is 20.7. The Morgan fingerprint density at radius 3 is 2.54 bits per heavy atom. The van der Waals surface area contributed by atoms with E-state index in [4.69, 9.17) is 0 Å². The molecule has 3 N–H and O–H groups in total. The third-order valence-electron chi connectivity index (χ3n) is 6.09. The van der Waals surface area contributed by atoms with E-state index >= 15 is 0 Å². The molecule has 0 spiro atoms. The molecule has 156 valence electrons. The predicted octanol–water partition coefficient (Wildman–Crippen LogP) is 4.03. The summed E-state index contributed by atoms with van der Waals surface area (Å²) < 4.78 is 30.6. The van der Waals surface area contributed by atoms with Crippen molar-refractivity contribution < 1.29 is 18.7 Å². The van der Waals surface area contributed by atoms with Gasteiger partial charge in [-0.15, -0.1) is 0 Å². The highest BCUT2D eigenvalue weighted by molar-refractivity contribution is 7.97. The van der Waals surface area contributed by atoms with Crippen LogP contribution in [0.25, 0.3) is 0 Å². The lowest BCUT2D eigenvalue weighted by molar-refractivity contribution is -0.129. The van der Waals surface area contributed by atoms with Crippen LogP contribution in [0.1, 0.15) is 53.4 Å². The maximum Gasteiger partial charge on any atom is 0.240 e. The summed E-state index contributed by atoms with van der Waals surface area (Å²) in [4.78, 5) is 12.8. The van der Waals surface area contributed by atoms with E-state index in [-0.39, 0.29) is 22.8 Å². The number of hydrogen-bond donors (Lipinski definition) is 3. The molecule has 1 aromatic rings. The van der Waals surface area contributed by atoms with Crippen LogP contribution in [0.4, 0.5) is 8.78 Å². The largest absolute Gasteiger partial charge is 0.390 e. The normalized spacial score (nSPS) is 32.8. The van der Waals surface area contributed by atoms with Crippen molar-refractivity contribution in [2.24, 2.45) is 17.8 Å². The van der Waals surface area contributed by atoms with Gasteiger partial charge in [-0.1, -0.05) is 13.0 Å². The zero-order valence-corrected chi connectivity index (χ0v) is 17.7. The van der Waals surface area contributed by atoms with Gasteiger partial charge in [0.1, 0.15) is 17.2 Å². The minimum absolute atomic E-state index is 0.00759. The zero-order valence-electron chi connectivity index (χ0n) is 16.9. The quantitative estimate of drug-likeness (QED) is 0.639. The first-order chi connectivity index (χ1) is 13.0. The summed E-state index contributed by atoms with van der Waals surface area (Å²) in [5.41, 5.74) is -1.70. The molecule has 0 radical (unpaired) electrons. The van der Waals surface area contributed by atoms with Crippen LogP contribution in [0, 0.1) is 29.4 Å². The topological polar surface area (TPSA) is 61.4 Å². The van der Waals surface area contributed by atoms with Crippen LogP contribution >= 0.6 is 11.9 Å². The molecule has 4 nitrogen and oxygen atoms in total. The van der Waals surface area contributed by atoms with Crippen molar-refractivity contribution >= 4 is 17.9 Å². The fourth-order valence-corrected chi connectivity index (χ4v) is 5.63. The summed E-state index contributed by atoms with van der Waals surface area (Å²) in [6.45, 7) is 7.42. The second-order valence-corrected chi connectivity index (χ2v) is 10.2. The first-order valence-electron chi connectivity index (χ1n) is 9.90. The highest BCUT2D eigenvalue weighted by atomic mass is 32.2. The number of nitrogens with one attached hydrogen (secondary N) is 2. The maximum atomic E-state index is 13.8. The van der Waals surface area contributed by atoms with E-state index in [9.17, 15) is 18.7 Å². The monoisotopic (exact) mass is 412 g/mol. The van der Waals surface area contributed by atoms with E-state index in [1.54, 1.807) is 13.8 Å². The number of fused-ring (bicyclic) bond motifs is 2. The van der Waals surface area contributed by atoms with E-state index in [1.165, 1.54) is 18.2 Å². The molecule has 1 amide bonds. The number of aliphatic hydroxyl groups is 1. The number of carbonyl (C=O) groups excluding carboxylic acids is 1. The van der Waals surface area contributed by atoms with Gasteiger partial charge in [-0.05, 0) is 88.3 Å². The minimum atomic E-state index is -1.02. The smallest absolute Gasteiger partial charge is 0.240 e. The summed E-state index contributed by atoms with van der Waals surface area (Å²) in [5, 5.41) is 13.7. The molecule has 2 saturated carbocycles. The Labute approximate surface area is 170 Å². The van der Waals surface area contributed by atoms with Gasteiger partial charge >= 0.3 is 0 Å². The van der Waals surface area contributed by atoms with Gasteiger partial charge in [-0.3, -0.25) is 4.79 Å². The number of rotatable bonds is 5. The fourth-order valence-electron chi connectivity index (χ4n) is 4.85. The van der Waals surface area contributed by atoms with E-state index in [0.29, 0.717) is 18.3 Å². The highest BCUT2D eigenvalue weighted by Crippen LogP contribution is 2.46. The van der Waals surface area contributed by atoms with Gasteiger partial charge in [0.05, 0.1) is 10.5 Å². The molecule has 0 heterocycles. The van der Waals surface area contributed by atoms with Gasteiger partial charge in [-0.25, -0.2) is 13.5 Å². The Balaban J connectivity index is 1.65. The van der Waals surface area contributed by atoms with Crippen molar-refractivity contribution in [2.75, 3.05) is 0 Å². The second kappa shape index (κ2) is 7.92. The van der Waals surface area contributed by atoms with E-state index in [1.807, 2.05) is 6.92 Å².